The number of anilines is 1. The highest BCUT2D eigenvalue weighted by Crippen LogP contribution is 2.33. The van der Waals surface area contributed by atoms with Crippen LogP contribution in [-0.2, 0) is 12.0 Å². The first-order valence-electron chi connectivity index (χ1n) is 10.5. The number of aryl methyl sites for hydroxylation is 2. The summed E-state index contributed by atoms with van der Waals surface area (Å²) in [5.74, 6) is 0.689. The standard InChI is InChI=1S/C22H29N5OS2/c1-13-16-14(2)23-20(22(3,4)5)26-19(16)30-17(13)18(28)25-21-24-15(12-29-21)11-27-9-7-6-8-10-27/h12H,6-11H2,1-5H3,(H,24,25,28). The van der Waals surface area contributed by atoms with Crippen molar-refractivity contribution in [1.29, 1.82) is 0 Å². The minimum atomic E-state index is -0.134. The summed E-state index contributed by atoms with van der Waals surface area (Å²) < 4.78 is 0. The number of thiophene rings is 1. The molecule has 1 aliphatic rings. The number of nitrogens with zero attached hydrogens (tertiary/aromatic N) is 4. The van der Waals surface area contributed by atoms with Gasteiger partial charge in [-0.2, -0.15) is 0 Å². The Labute approximate surface area is 185 Å². The van der Waals surface area contributed by atoms with Crippen molar-refractivity contribution in [3.8, 4) is 0 Å². The molecule has 0 spiro atoms. The molecule has 160 valence electrons. The summed E-state index contributed by atoms with van der Waals surface area (Å²) in [5, 5.41) is 6.69. The first-order valence-corrected chi connectivity index (χ1v) is 12.2. The van der Waals surface area contributed by atoms with Crippen molar-refractivity contribution < 1.29 is 4.79 Å². The van der Waals surface area contributed by atoms with Crippen molar-refractivity contribution in [2.45, 2.75) is 65.8 Å². The Hall–Kier alpha value is -1.90. The second kappa shape index (κ2) is 8.32. The molecule has 3 aromatic rings. The van der Waals surface area contributed by atoms with Gasteiger partial charge in [0, 0.05) is 22.7 Å². The molecule has 1 aliphatic heterocycles. The van der Waals surface area contributed by atoms with Gasteiger partial charge in [0.2, 0.25) is 0 Å². The molecule has 8 heteroatoms. The van der Waals surface area contributed by atoms with Crippen LogP contribution in [0.1, 0.15) is 72.5 Å². The molecule has 30 heavy (non-hydrogen) atoms. The lowest BCUT2D eigenvalue weighted by atomic mass is 9.95. The Balaban J connectivity index is 1.53. The lowest BCUT2D eigenvalue weighted by Crippen LogP contribution is -2.29. The summed E-state index contributed by atoms with van der Waals surface area (Å²) in [6, 6.07) is 0. The van der Waals surface area contributed by atoms with Gasteiger partial charge in [-0.25, -0.2) is 15.0 Å². The topological polar surface area (TPSA) is 71.0 Å². The van der Waals surface area contributed by atoms with Gasteiger partial charge in [0.25, 0.3) is 5.91 Å². The van der Waals surface area contributed by atoms with Gasteiger partial charge in [0.05, 0.1) is 16.3 Å². The minimum absolute atomic E-state index is 0.119. The normalized spacial score (nSPS) is 15.6. The van der Waals surface area contributed by atoms with Crippen LogP contribution >= 0.6 is 22.7 Å². The fourth-order valence-corrected chi connectivity index (χ4v) is 5.65. The minimum Gasteiger partial charge on any atom is -0.297 e. The van der Waals surface area contributed by atoms with E-state index in [0.29, 0.717) is 10.0 Å². The first kappa shape index (κ1) is 21.3. The molecule has 0 radical (unpaired) electrons. The Morgan fingerprint density at radius 2 is 1.87 bits per heavy atom. The molecule has 1 fully saturated rings. The molecule has 0 unspecified atom stereocenters. The number of hydrogen-bond donors (Lipinski definition) is 1. The van der Waals surface area contributed by atoms with E-state index in [-0.39, 0.29) is 11.3 Å². The van der Waals surface area contributed by atoms with E-state index in [1.165, 1.54) is 41.9 Å². The van der Waals surface area contributed by atoms with Crippen LogP contribution < -0.4 is 5.32 Å². The molecule has 0 aliphatic carbocycles. The lowest BCUT2D eigenvalue weighted by Gasteiger charge is -2.25. The summed E-state index contributed by atoms with van der Waals surface area (Å²) in [4.78, 5) is 31.1. The van der Waals surface area contributed by atoms with E-state index < -0.39 is 0 Å². The largest absolute Gasteiger partial charge is 0.297 e. The van der Waals surface area contributed by atoms with E-state index in [0.717, 1.165) is 52.6 Å². The molecule has 1 amide bonds. The number of nitrogens with one attached hydrogen (secondary N) is 1. The number of aromatic nitrogens is 3. The van der Waals surface area contributed by atoms with Crippen LogP contribution in [0.4, 0.5) is 5.13 Å². The molecule has 1 saturated heterocycles. The van der Waals surface area contributed by atoms with Crippen molar-refractivity contribution >= 4 is 43.9 Å². The van der Waals surface area contributed by atoms with Gasteiger partial charge in [-0.3, -0.25) is 15.0 Å². The van der Waals surface area contributed by atoms with Crippen molar-refractivity contribution in [2.75, 3.05) is 18.4 Å². The van der Waals surface area contributed by atoms with Crippen LogP contribution in [0.2, 0.25) is 0 Å². The molecule has 1 N–H and O–H groups in total. The summed E-state index contributed by atoms with van der Waals surface area (Å²) in [6.45, 7) is 13.4. The van der Waals surface area contributed by atoms with Crippen molar-refractivity contribution in [3.63, 3.8) is 0 Å². The van der Waals surface area contributed by atoms with Crippen LogP contribution in [0.5, 0.6) is 0 Å². The highest BCUT2D eigenvalue weighted by molar-refractivity contribution is 7.21. The number of likely N-dealkylation sites (tertiary alicyclic amines) is 1. The van der Waals surface area contributed by atoms with Crippen LogP contribution in [0.15, 0.2) is 5.38 Å². The summed E-state index contributed by atoms with van der Waals surface area (Å²) in [6.07, 6.45) is 3.85. The van der Waals surface area contributed by atoms with Gasteiger partial charge >= 0.3 is 0 Å². The van der Waals surface area contributed by atoms with Gasteiger partial charge in [-0.05, 0) is 45.3 Å². The summed E-state index contributed by atoms with van der Waals surface area (Å²) in [5.41, 5.74) is 2.76. The fraction of sp³-hybridized carbons (Fsp3) is 0.545. The number of rotatable bonds is 4. The SMILES string of the molecule is Cc1nc(C(C)(C)C)nc2sc(C(=O)Nc3nc(CN4CCCCC4)cs3)c(C)c12. The highest BCUT2D eigenvalue weighted by atomic mass is 32.1. The number of piperidine rings is 1. The molecule has 3 aromatic heterocycles. The number of carbonyl (C=O) groups excluding carboxylic acids is 1. The molecular weight excluding hydrogens is 414 g/mol. The molecule has 4 heterocycles. The van der Waals surface area contributed by atoms with Crippen molar-refractivity contribution in [1.82, 2.24) is 19.9 Å². The van der Waals surface area contributed by atoms with Crippen molar-refractivity contribution in [2.24, 2.45) is 0 Å². The van der Waals surface area contributed by atoms with Crippen LogP contribution in [0, 0.1) is 13.8 Å². The zero-order chi connectivity index (χ0) is 21.5. The number of hydrogen-bond acceptors (Lipinski definition) is 7. The zero-order valence-electron chi connectivity index (χ0n) is 18.3. The molecular formula is C22H29N5OS2. The molecule has 0 aromatic carbocycles. The number of amides is 1. The maximum Gasteiger partial charge on any atom is 0.267 e. The van der Waals surface area contributed by atoms with E-state index in [9.17, 15) is 4.79 Å². The third-order valence-corrected chi connectivity index (χ3v) is 7.45. The summed E-state index contributed by atoms with van der Waals surface area (Å²) >= 11 is 2.93. The Morgan fingerprint density at radius 3 is 2.57 bits per heavy atom. The van der Waals surface area contributed by atoms with E-state index >= 15 is 0 Å². The van der Waals surface area contributed by atoms with E-state index in [4.69, 9.17) is 9.97 Å². The van der Waals surface area contributed by atoms with E-state index in [1.807, 2.05) is 19.2 Å². The zero-order valence-corrected chi connectivity index (χ0v) is 20.0. The van der Waals surface area contributed by atoms with Gasteiger partial charge < -0.3 is 0 Å². The first-order chi connectivity index (χ1) is 14.2. The molecule has 6 nitrogen and oxygen atoms in total. The van der Waals surface area contributed by atoms with Crippen LogP contribution in [0.3, 0.4) is 0 Å². The third kappa shape index (κ3) is 4.40. The molecule has 0 atom stereocenters. The predicted molar refractivity (Wildman–Crippen MR) is 125 cm³/mol. The average Bonchev–Trinajstić information content (AvgIpc) is 3.26. The van der Waals surface area contributed by atoms with Crippen LogP contribution in [0.25, 0.3) is 10.2 Å². The molecule has 4 rings (SSSR count). The number of carbonyl (C=O) groups is 1. The Kier molecular flexibility index (Phi) is 5.92. The van der Waals surface area contributed by atoms with Gasteiger partial charge in [-0.15, -0.1) is 22.7 Å². The maximum absolute atomic E-state index is 13.0. The van der Waals surface area contributed by atoms with Gasteiger partial charge in [-0.1, -0.05) is 27.2 Å². The third-order valence-electron chi connectivity index (χ3n) is 5.45. The van der Waals surface area contributed by atoms with Gasteiger partial charge in [0.15, 0.2) is 5.13 Å². The van der Waals surface area contributed by atoms with Gasteiger partial charge in [0.1, 0.15) is 10.7 Å². The smallest absolute Gasteiger partial charge is 0.267 e. The number of thiazole rings is 1. The number of fused-ring (bicyclic) bond motifs is 1. The van der Waals surface area contributed by atoms with Crippen molar-refractivity contribution in [3.05, 3.63) is 33.0 Å². The second-order valence-corrected chi connectivity index (χ2v) is 10.9. The lowest BCUT2D eigenvalue weighted by molar-refractivity contribution is 0.103. The maximum atomic E-state index is 13.0. The monoisotopic (exact) mass is 443 g/mol. The van der Waals surface area contributed by atoms with E-state index in [2.05, 4.69) is 36.0 Å². The molecule has 0 bridgehead atoms. The molecule has 0 saturated carbocycles. The van der Waals surface area contributed by atoms with E-state index in [1.54, 1.807) is 0 Å². The highest BCUT2D eigenvalue weighted by Gasteiger charge is 2.24. The predicted octanol–water partition coefficient (Wildman–Crippen LogP) is 5.30. The average molecular weight is 444 g/mol. The second-order valence-electron chi connectivity index (χ2n) is 9.05. The fourth-order valence-electron chi connectivity index (χ4n) is 3.83. The Bertz CT molecular complexity index is 1070. The Morgan fingerprint density at radius 1 is 1.13 bits per heavy atom. The quantitative estimate of drug-likeness (QED) is 0.592. The summed E-state index contributed by atoms with van der Waals surface area (Å²) in [7, 11) is 0. The van der Waals surface area contributed by atoms with Crippen LogP contribution in [-0.4, -0.2) is 38.8 Å².